The van der Waals surface area contributed by atoms with E-state index in [1.165, 1.54) is 17.0 Å². The highest BCUT2D eigenvalue weighted by atomic mass is 35.5. The van der Waals surface area contributed by atoms with Crippen molar-refractivity contribution in [2.24, 2.45) is 5.10 Å². The van der Waals surface area contributed by atoms with Crippen molar-refractivity contribution in [3.05, 3.63) is 44.7 Å². The number of benzene rings is 1. The highest BCUT2D eigenvalue weighted by molar-refractivity contribution is 6.31. The number of aromatic nitrogens is 2. The standard InChI is InChI=1S/C11H10ClN5O3/c1-6-5-16(11(13)15-6)14-4-7-2-8(12)3-9(10(7)18)17(19)20/h2-5,18H,1H3,(H2,13,15). The Morgan fingerprint density at radius 2 is 2.30 bits per heavy atom. The van der Waals surface area contributed by atoms with Crippen molar-refractivity contribution in [2.75, 3.05) is 5.73 Å². The molecule has 0 saturated heterocycles. The summed E-state index contributed by atoms with van der Waals surface area (Å²) in [5.74, 6) is -0.353. The van der Waals surface area contributed by atoms with Crippen LogP contribution in [0.1, 0.15) is 11.3 Å². The van der Waals surface area contributed by atoms with Crippen LogP contribution in [0.4, 0.5) is 11.6 Å². The number of aromatic hydroxyl groups is 1. The lowest BCUT2D eigenvalue weighted by molar-refractivity contribution is -0.385. The molecule has 9 heteroatoms. The predicted octanol–water partition coefficient (Wildman–Crippen LogP) is 1.92. The smallest absolute Gasteiger partial charge is 0.312 e. The van der Waals surface area contributed by atoms with E-state index in [0.717, 1.165) is 6.07 Å². The summed E-state index contributed by atoms with van der Waals surface area (Å²) in [6, 6.07) is 2.41. The van der Waals surface area contributed by atoms with Gasteiger partial charge in [0.15, 0.2) is 0 Å². The van der Waals surface area contributed by atoms with E-state index in [4.69, 9.17) is 17.3 Å². The number of nitro benzene ring substituents is 1. The summed E-state index contributed by atoms with van der Waals surface area (Å²) >= 11 is 5.76. The molecule has 8 nitrogen and oxygen atoms in total. The van der Waals surface area contributed by atoms with Crippen molar-refractivity contribution in [1.82, 2.24) is 9.66 Å². The van der Waals surface area contributed by atoms with Crippen molar-refractivity contribution in [2.45, 2.75) is 6.92 Å². The van der Waals surface area contributed by atoms with E-state index in [1.807, 2.05) is 0 Å². The van der Waals surface area contributed by atoms with Gasteiger partial charge in [-0.25, -0.2) is 9.66 Å². The summed E-state index contributed by atoms with van der Waals surface area (Å²) in [7, 11) is 0. The molecule has 0 radical (unpaired) electrons. The summed E-state index contributed by atoms with van der Waals surface area (Å²) in [4.78, 5) is 14.0. The number of nitrogen functional groups attached to an aromatic ring is 1. The third-order valence-corrected chi connectivity index (χ3v) is 2.65. The van der Waals surface area contributed by atoms with Gasteiger partial charge in [-0.3, -0.25) is 10.1 Å². The van der Waals surface area contributed by atoms with Crippen LogP contribution in [0.15, 0.2) is 23.4 Å². The number of rotatable bonds is 3. The SMILES string of the molecule is Cc1cn(N=Cc2cc(Cl)cc([N+](=O)[O-])c2O)c(N)n1. The van der Waals surface area contributed by atoms with Crippen molar-refractivity contribution >= 4 is 29.5 Å². The fourth-order valence-electron chi connectivity index (χ4n) is 1.56. The molecule has 0 aliphatic heterocycles. The van der Waals surface area contributed by atoms with E-state index in [1.54, 1.807) is 13.1 Å². The van der Waals surface area contributed by atoms with Gasteiger partial charge in [0.1, 0.15) is 0 Å². The van der Waals surface area contributed by atoms with Gasteiger partial charge in [-0.1, -0.05) is 11.6 Å². The van der Waals surface area contributed by atoms with Crippen LogP contribution in [0.2, 0.25) is 5.02 Å². The number of imidazole rings is 1. The monoisotopic (exact) mass is 295 g/mol. The maximum absolute atomic E-state index is 10.8. The molecule has 2 aromatic rings. The minimum atomic E-state index is -0.728. The van der Waals surface area contributed by atoms with Gasteiger partial charge < -0.3 is 10.8 Å². The summed E-state index contributed by atoms with van der Waals surface area (Å²) < 4.78 is 1.28. The van der Waals surface area contributed by atoms with Gasteiger partial charge >= 0.3 is 5.69 Å². The molecule has 1 heterocycles. The Hall–Kier alpha value is -2.61. The molecule has 104 valence electrons. The van der Waals surface area contributed by atoms with Crippen LogP contribution in [0.3, 0.4) is 0 Å². The summed E-state index contributed by atoms with van der Waals surface area (Å²) in [5.41, 5.74) is 5.87. The number of nitro groups is 1. The van der Waals surface area contributed by atoms with E-state index < -0.39 is 16.4 Å². The highest BCUT2D eigenvalue weighted by Crippen LogP contribution is 2.32. The van der Waals surface area contributed by atoms with Crippen LogP contribution >= 0.6 is 11.6 Å². The van der Waals surface area contributed by atoms with Gasteiger partial charge in [0, 0.05) is 16.7 Å². The van der Waals surface area contributed by atoms with E-state index in [0.29, 0.717) is 5.69 Å². The first-order valence-electron chi connectivity index (χ1n) is 5.41. The Morgan fingerprint density at radius 1 is 1.60 bits per heavy atom. The van der Waals surface area contributed by atoms with E-state index in [9.17, 15) is 15.2 Å². The van der Waals surface area contributed by atoms with Crippen molar-refractivity contribution < 1.29 is 10.0 Å². The molecule has 0 aliphatic carbocycles. The van der Waals surface area contributed by atoms with Gasteiger partial charge in [0.25, 0.3) is 0 Å². The van der Waals surface area contributed by atoms with Gasteiger partial charge in [-0.2, -0.15) is 5.10 Å². The molecule has 1 aromatic carbocycles. The molecule has 0 unspecified atom stereocenters. The zero-order valence-corrected chi connectivity index (χ0v) is 11.1. The number of nitrogens with zero attached hydrogens (tertiary/aromatic N) is 4. The minimum Gasteiger partial charge on any atom is -0.502 e. The Labute approximate surface area is 118 Å². The molecule has 20 heavy (non-hydrogen) atoms. The second-order valence-electron chi connectivity index (χ2n) is 3.95. The van der Waals surface area contributed by atoms with Gasteiger partial charge in [0.2, 0.25) is 11.7 Å². The van der Waals surface area contributed by atoms with Gasteiger partial charge in [0.05, 0.1) is 23.0 Å². The minimum absolute atomic E-state index is 0.106. The normalized spacial score (nSPS) is 11.1. The third-order valence-electron chi connectivity index (χ3n) is 2.44. The number of aryl methyl sites for hydroxylation is 1. The largest absolute Gasteiger partial charge is 0.502 e. The lowest BCUT2D eigenvalue weighted by Gasteiger charge is -2.01. The molecule has 0 spiro atoms. The van der Waals surface area contributed by atoms with Gasteiger partial charge in [-0.05, 0) is 13.0 Å². The molecule has 2 rings (SSSR count). The molecular formula is C11H10ClN5O3. The highest BCUT2D eigenvalue weighted by Gasteiger charge is 2.17. The van der Waals surface area contributed by atoms with E-state index in [-0.39, 0.29) is 16.5 Å². The second kappa shape index (κ2) is 5.17. The molecule has 0 fully saturated rings. The molecule has 0 atom stereocenters. The van der Waals surface area contributed by atoms with Crippen LogP contribution in [0.5, 0.6) is 5.75 Å². The maximum Gasteiger partial charge on any atom is 0.312 e. The van der Waals surface area contributed by atoms with Crippen LogP contribution in [0, 0.1) is 17.0 Å². The molecule has 0 saturated carbocycles. The zero-order chi connectivity index (χ0) is 14.9. The zero-order valence-electron chi connectivity index (χ0n) is 10.3. The fraction of sp³-hybridized carbons (Fsp3) is 0.0909. The summed E-state index contributed by atoms with van der Waals surface area (Å²) in [6.45, 7) is 1.74. The van der Waals surface area contributed by atoms with Crippen LogP contribution in [-0.2, 0) is 0 Å². The average molecular weight is 296 g/mol. The van der Waals surface area contributed by atoms with Crippen molar-refractivity contribution in [3.63, 3.8) is 0 Å². The number of hydrogen-bond donors (Lipinski definition) is 2. The van der Waals surface area contributed by atoms with Crippen LogP contribution in [-0.4, -0.2) is 25.9 Å². The number of anilines is 1. The quantitative estimate of drug-likeness (QED) is 0.509. The third kappa shape index (κ3) is 2.69. The number of phenols is 1. The van der Waals surface area contributed by atoms with Crippen molar-refractivity contribution in [1.29, 1.82) is 0 Å². The average Bonchev–Trinajstić information content (AvgIpc) is 2.68. The second-order valence-corrected chi connectivity index (χ2v) is 4.39. The maximum atomic E-state index is 10.8. The number of hydrogen-bond acceptors (Lipinski definition) is 6. The fourth-order valence-corrected chi connectivity index (χ4v) is 1.78. The predicted molar refractivity (Wildman–Crippen MR) is 74.1 cm³/mol. The number of phenolic OH excluding ortho intramolecular Hbond substituents is 1. The Bertz CT molecular complexity index is 710. The Balaban J connectivity index is 2.43. The molecule has 1 aromatic heterocycles. The lowest BCUT2D eigenvalue weighted by atomic mass is 10.2. The van der Waals surface area contributed by atoms with Gasteiger partial charge in [-0.15, -0.1) is 0 Å². The van der Waals surface area contributed by atoms with E-state index >= 15 is 0 Å². The first-order valence-corrected chi connectivity index (χ1v) is 5.79. The van der Waals surface area contributed by atoms with Crippen molar-refractivity contribution in [3.8, 4) is 5.75 Å². The first kappa shape index (κ1) is 13.8. The topological polar surface area (TPSA) is 120 Å². The number of halogens is 1. The molecule has 0 amide bonds. The molecule has 0 bridgehead atoms. The number of nitrogens with two attached hydrogens (primary N) is 1. The van der Waals surface area contributed by atoms with Crippen LogP contribution in [0.25, 0.3) is 0 Å². The summed E-state index contributed by atoms with van der Waals surface area (Å²) in [5, 5.41) is 24.6. The summed E-state index contributed by atoms with van der Waals surface area (Å²) in [6.07, 6.45) is 2.79. The first-order chi connectivity index (χ1) is 9.38. The van der Waals surface area contributed by atoms with Crippen LogP contribution < -0.4 is 5.73 Å². The lowest BCUT2D eigenvalue weighted by Crippen LogP contribution is -1.98. The Morgan fingerprint density at radius 3 is 2.85 bits per heavy atom. The molecule has 0 aliphatic rings. The van der Waals surface area contributed by atoms with E-state index in [2.05, 4.69) is 10.1 Å². The Kier molecular flexibility index (Phi) is 3.57. The molecule has 3 N–H and O–H groups in total. The molecular weight excluding hydrogens is 286 g/mol.